The van der Waals surface area contributed by atoms with Gasteiger partial charge in [0.2, 0.25) is 5.13 Å². The van der Waals surface area contributed by atoms with Crippen LogP contribution in [0.1, 0.15) is 34.8 Å². The summed E-state index contributed by atoms with van der Waals surface area (Å²) in [4.78, 5) is 14.4. The lowest BCUT2D eigenvalue weighted by atomic mass is 10.1. The molecule has 0 spiro atoms. The summed E-state index contributed by atoms with van der Waals surface area (Å²) >= 11 is 1.31. The number of aromatic nitrogens is 2. The lowest BCUT2D eigenvalue weighted by molar-refractivity contribution is 0.0983. The summed E-state index contributed by atoms with van der Waals surface area (Å²) in [7, 11) is 1.65. The highest BCUT2D eigenvalue weighted by molar-refractivity contribution is 7.18. The average molecular weight is 399 g/mol. The van der Waals surface area contributed by atoms with Crippen LogP contribution in [-0.4, -0.2) is 29.8 Å². The normalized spacial score (nSPS) is 10.8. The lowest BCUT2D eigenvalue weighted by Crippen LogP contribution is -2.32. The van der Waals surface area contributed by atoms with Gasteiger partial charge in [-0.1, -0.05) is 30.4 Å². The molecule has 146 valence electrons. The van der Waals surface area contributed by atoms with Crippen LogP contribution in [0.25, 0.3) is 10.6 Å². The fourth-order valence-corrected chi connectivity index (χ4v) is 3.98. The Morgan fingerprint density at radius 3 is 2.46 bits per heavy atom. The second-order valence-corrected chi connectivity index (χ2v) is 7.43. The second kappa shape index (κ2) is 8.48. The third-order valence-corrected chi connectivity index (χ3v) is 5.35. The molecule has 2 aromatic carbocycles. The van der Waals surface area contributed by atoms with Gasteiger partial charge in [0, 0.05) is 12.1 Å². The summed E-state index contributed by atoms with van der Waals surface area (Å²) in [6.45, 7) is 6.34. The maximum Gasteiger partial charge on any atom is 0.263 e. The second-order valence-electron chi connectivity index (χ2n) is 6.47. The van der Waals surface area contributed by atoms with Crippen molar-refractivity contribution >= 4 is 22.4 Å². The fourth-order valence-electron chi connectivity index (χ4n) is 3.12. The first-order valence-corrected chi connectivity index (χ1v) is 9.83. The molecular formula is C21H22FN3O2S. The van der Waals surface area contributed by atoms with E-state index in [0.29, 0.717) is 16.7 Å². The molecule has 3 rings (SSSR count). The first-order chi connectivity index (χ1) is 13.5. The standard InChI is InChI=1S/C21H22FN3O2S/c1-5-10-25(20(26)16-8-6-7-9-17(16)22)21-24-23-19(28-21)15-11-13(2)18(27-4)14(3)12-15/h6-9,11-12H,5,10H2,1-4H3. The van der Waals surface area contributed by atoms with E-state index in [9.17, 15) is 9.18 Å². The molecule has 0 N–H and O–H groups in total. The van der Waals surface area contributed by atoms with E-state index in [0.717, 1.165) is 28.9 Å². The predicted octanol–water partition coefficient (Wildman–Crippen LogP) is 5.03. The van der Waals surface area contributed by atoms with Gasteiger partial charge in [0.05, 0.1) is 12.7 Å². The van der Waals surface area contributed by atoms with Gasteiger partial charge in [0.25, 0.3) is 5.91 Å². The number of halogens is 1. The van der Waals surface area contributed by atoms with Crippen LogP contribution >= 0.6 is 11.3 Å². The molecule has 0 saturated carbocycles. The number of benzene rings is 2. The zero-order chi connectivity index (χ0) is 20.3. The van der Waals surface area contributed by atoms with Gasteiger partial charge in [-0.05, 0) is 55.7 Å². The predicted molar refractivity (Wildman–Crippen MR) is 110 cm³/mol. The number of methoxy groups -OCH3 is 1. The van der Waals surface area contributed by atoms with Gasteiger partial charge in [-0.25, -0.2) is 4.39 Å². The SMILES string of the molecule is CCCN(C(=O)c1ccccc1F)c1nnc(-c2cc(C)c(OC)c(C)c2)s1. The molecule has 1 aromatic heterocycles. The van der Waals surface area contributed by atoms with Crippen LogP contribution < -0.4 is 9.64 Å². The number of hydrogen-bond donors (Lipinski definition) is 0. The molecule has 0 atom stereocenters. The van der Waals surface area contributed by atoms with Gasteiger partial charge < -0.3 is 4.74 Å². The minimum atomic E-state index is -0.542. The Kier molecular flexibility index (Phi) is 6.04. The molecule has 0 aliphatic heterocycles. The Bertz CT molecular complexity index is 980. The lowest BCUT2D eigenvalue weighted by Gasteiger charge is -2.18. The van der Waals surface area contributed by atoms with Crippen LogP contribution in [0.15, 0.2) is 36.4 Å². The van der Waals surface area contributed by atoms with Crippen LogP contribution in [-0.2, 0) is 0 Å². The Balaban J connectivity index is 1.96. The van der Waals surface area contributed by atoms with E-state index in [-0.39, 0.29) is 5.56 Å². The van der Waals surface area contributed by atoms with Crippen molar-refractivity contribution in [3.05, 3.63) is 58.9 Å². The summed E-state index contributed by atoms with van der Waals surface area (Å²) in [5.74, 6) is -0.111. The fraction of sp³-hybridized carbons (Fsp3) is 0.286. The Morgan fingerprint density at radius 1 is 1.18 bits per heavy atom. The first-order valence-electron chi connectivity index (χ1n) is 9.01. The van der Waals surface area contributed by atoms with Crippen molar-refractivity contribution in [2.75, 3.05) is 18.6 Å². The average Bonchev–Trinajstić information content (AvgIpc) is 3.15. The van der Waals surface area contributed by atoms with Crippen molar-refractivity contribution in [1.29, 1.82) is 0 Å². The molecule has 1 heterocycles. The highest BCUT2D eigenvalue weighted by Gasteiger charge is 2.23. The summed E-state index contributed by atoms with van der Waals surface area (Å²) in [5.41, 5.74) is 2.95. The molecule has 0 aliphatic rings. The molecule has 7 heteroatoms. The number of aryl methyl sites for hydroxylation is 2. The highest BCUT2D eigenvalue weighted by Crippen LogP contribution is 2.34. The molecule has 0 aliphatic carbocycles. The maximum atomic E-state index is 14.1. The number of ether oxygens (including phenoxy) is 1. The van der Waals surface area contributed by atoms with Crippen molar-refractivity contribution < 1.29 is 13.9 Å². The number of hydrogen-bond acceptors (Lipinski definition) is 5. The maximum absolute atomic E-state index is 14.1. The minimum Gasteiger partial charge on any atom is -0.496 e. The van der Waals surface area contributed by atoms with Crippen molar-refractivity contribution in [3.8, 4) is 16.3 Å². The van der Waals surface area contributed by atoms with Gasteiger partial charge in [-0.15, -0.1) is 10.2 Å². The monoisotopic (exact) mass is 399 g/mol. The zero-order valence-corrected chi connectivity index (χ0v) is 17.1. The van der Waals surface area contributed by atoms with Crippen molar-refractivity contribution in [2.24, 2.45) is 0 Å². The number of amides is 1. The molecule has 0 radical (unpaired) electrons. The number of nitrogens with zero attached hydrogens (tertiary/aromatic N) is 3. The molecule has 3 aromatic rings. The Hall–Kier alpha value is -2.80. The molecule has 28 heavy (non-hydrogen) atoms. The Labute approximate surface area is 167 Å². The highest BCUT2D eigenvalue weighted by atomic mass is 32.1. The van der Waals surface area contributed by atoms with Crippen LogP contribution in [0.5, 0.6) is 5.75 Å². The number of rotatable bonds is 6. The molecular weight excluding hydrogens is 377 g/mol. The molecule has 0 unspecified atom stereocenters. The smallest absolute Gasteiger partial charge is 0.263 e. The summed E-state index contributed by atoms with van der Waals surface area (Å²) in [6.07, 6.45) is 0.718. The summed E-state index contributed by atoms with van der Waals surface area (Å²) in [5, 5.41) is 9.63. The van der Waals surface area contributed by atoms with E-state index in [1.165, 1.54) is 28.4 Å². The largest absolute Gasteiger partial charge is 0.496 e. The molecule has 1 amide bonds. The van der Waals surface area contributed by atoms with Gasteiger partial charge >= 0.3 is 0 Å². The Morgan fingerprint density at radius 2 is 1.86 bits per heavy atom. The quantitative estimate of drug-likeness (QED) is 0.584. The summed E-state index contributed by atoms with van der Waals surface area (Å²) in [6, 6.07) is 9.95. The first kappa shape index (κ1) is 19.9. The van der Waals surface area contributed by atoms with E-state index >= 15 is 0 Å². The van der Waals surface area contributed by atoms with Gasteiger partial charge in [-0.3, -0.25) is 9.69 Å². The van der Waals surface area contributed by atoms with E-state index < -0.39 is 11.7 Å². The number of carbonyl (C=O) groups excluding carboxylic acids is 1. The topological polar surface area (TPSA) is 55.3 Å². The molecule has 0 saturated heterocycles. The van der Waals surface area contributed by atoms with Crippen molar-refractivity contribution in [1.82, 2.24) is 10.2 Å². The van der Waals surface area contributed by atoms with Crippen LogP contribution in [0.4, 0.5) is 9.52 Å². The van der Waals surface area contributed by atoms with Crippen LogP contribution in [0, 0.1) is 19.7 Å². The van der Waals surface area contributed by atoms with Gasteiger partial charge in [0.1, 0.15) is 16.6 Å². The van der Waals surface area contributed by atoms with E-state index in [1.54, 1.807) is 19.2 Å². The molecule has 0 fully saturated rings. The van der Waals surface area contributed by atoms with Gasteiger partial charge in [0.15, 0.2) is 0 Å². The van der Waals surface area contributed by atoms with Crippen LogP contribution in [0.2, 0.25) is 0 Å². The van der Waals surface area contributed by atoms with Gasteiger partial charge in [-0.2, -0.15) is 0 Å². The third-order valence-electron chi connectivity index (χ3n) is 4.35. The van der Waals surface area contributed by atoms with Crippen molar-refractivity contribution in [2.45, 2.75) is 27.2 Å². The van der Waals surface area contributed by atoms with E-state index in [4.69, 9.17) is 4.74 Å². The zero-order valence-electron chi connectivity index (χ0n) is 16.3. The number of carbonyl (C=O) groups is 1. The number of anilines is 1. The molecule has 0 bridgehead atoms. The minimum absolute atomic E-state index is 0.0313. The van der Waals surface area contributed by atoms with E-state index in [1.807, 2.05) is 32.9 Å². The van der Waals surface area contributed by atoms with Crippen molar-refractivity contribution in [3.63, 3.8) is 0 Å². The summed E-state index contributed by atoms with van der Waals surface area (Å²) < 4.78 is 19.5. The van der Waals surface area contributed by atoms with E-state index in [2.05, 4.69) is 10.2 Å². The van der Waals surface area contributed by atoms with Crippen LogP contribution in [0.3, 0.4) is 0 Å². The third kappa shape index (κ3) is 3.89. The molecule has 5 nitrogen and oxygen atoms in total.